The Labute approximate surface area is 139 Å². The van der Waals surface area contributed by atoms with Gasteiger partial charge in [-0.25, -0.2) is 0 Å². The third-order valence-electron chi connectivity index (χ3n) is 4.09. The van der Waals surface area contributed by atoms with E-state index >= 15 is 0 Å². The maximum atomic E-state index is 9.47. The summed E-state index contributed by atoms with van der Waals surface area (Å²) in [6, 6.07) is 18.0. The van der Waals surface area contributed by atoms with Crippen molar-refractivity contribution in [2.24, 2.45) is 5.73 Å². The summed E-state index contributed by atoms with van der Waals surface area (Å²) in [5.74, 6) is 1.30. The molecule has 0 unspecified atom stereocenters. The predicted octanol–water partition coefficient (Wildman–Crippen LogP) is 3.48. The normalized spacial score (nSPS) is 21.2. The molecular formula is C19H15N3O2. The lowest BCUT2D eigenvalue weighted by atomic mass is 10.0. The molecule has 4 rings (SSSR count). The molecule has 0 saturated heterocycles. The Morgan fingerprint density at radius 1 is 1.12 bits per heavy atom. The van der Waals surface area contributed by atoms with Crippen LogP contribution in [-0.4, -0.2) is 5.72 Å². The molecule has 1 atom stereocenters. The first-order chi connectivity index (χ1) is 11.6. The van der Waals surface area contributed by atoms with Gasteiger partial charge >= 0.3 is 0 Å². The topological polar surface area (TPSA) is 80.3 Å². The van der Waals surface area contributed by atoms with Gasteiger partial charge in [0, 0.05) is 6.08 Å². The van der Waals surface area contributed by atoms with Crippen LogP contribution in [-0.2, 0) is 4.74 Å². The number of nitrogens with one attached hydrogen (secondary N) is 1. The van der Waals surface area contributed by atoms with Crippen LogP contribution in [0.5, 0.6) is 5.75 Å². The number of benzene rings is 2. The van der Waals surface area contributed by atoms with Crippen molar-refractivity contribution in [3.8, 4) is 22.9 Å². The Kier molecular flexibility index (Phi) is 3.00. The molecule has 0 aliphatic carbocycles. The van der Waals surface area contributed by atoms with E-state index in [1.807, 2.05) is 48.5 Å². The zero-order valence-corrected chi connectivity index (χ0v) is 13.0. The van der Waals surface area contributed by atoms with Gasteiger partial charge in [-0.3, -0.25) is 0 Å². The third-order valence-corrected chi connectivity index (χ3v) is 4.09. The second-order valence-electron chi connectivity index (χ2n) is 5.75. The van der Waals surface area contributed by atoms with E-state index in [0.29, 0.717) is 11.5 Å². The highest BCUT2D eigenvalue weighted by Crippen LogP contribution is 2.44. The highest BCUT2D eigenvalue weighted by Gasteiger charge is 2.46. The molecule has 118 valence electrons. The second kappa shape index (κ2) is 5.07. The molecule has 5 nitrogen and oxygen atoms in total. The van der Waals surface area contributed by atoms with Crippen molar-refractivity contribution in [1.29, 1.82) is 5.26 Å². The molecule has 3 N–H and O–H groups in total. The van der Waals surface area contributed by atoms with Crippen molar-refractivity contribution in [2.75, 3.05) is 5.32 Å². The molecule has 0 aromatic heterocycles. The summed E-state index contributed by atoms with van der Waals surface area (Å²) in [5.41, 5.74) is 7.94. The van der Waals surface area contributed by atoms with Crippen molar-refractivity contribution < 1.29 is 9.47 Å². The SMILES string of the molecule is CC1=C[C@@]2(Nc3cc(-c4ccccc4)ccc3O2)C(C#N)=C(N)O1. The lowest BCUT2D eigenvalue weighted by molar-refractivity contribution is 0.175. The second-order valence-corrected chi connectivity index (χ2v) is 5.75. The first-order valence-electron chi connectivity index (χ1n) is 7.55. The first kappa shape index (κ1) is 14.2. The van der Waals surface area contributed by atoms with Crippen LogP contribution in [0.4, 0.5) is 5.69 Å². The Morgan fingerprint density at radius 2 is 1.92 bits per heavy atom. The smallest absolute Gasteiger partial charge is 0.245 e. The van der Waals surface area contributed by atoms with Gasteiger partial charge in [0.1, 0.15) is 17.6 Å². The summed E-state index contributed by atoms with van der Waals surface area (Å²) >= 11 is 0. The molecule has 2 aromatic carbocycles. The number of nitrogens with zero attached hydrogens (tertiary/aromatic N) is 1. The maximum absolute atomic E-state index is 9.47. The van der Waals surface area contributed by atoms with Gasteiger partial charge in [-0.1, -0.05) is 36.4 Å². The molecule has 5 heteroatoms. The maximum Gasteiger partial charge on any atom is 0.245 e. The summed E-state index contributed by atoms with van der Waals surface area (Å²) in [6.45, 7) is 1.77. The molecular weight excluding hydrogens is 302 g/mol. The molecule has 0 radical (unpaired) electrons. The van der Waals surface area contributed by atoms with Crippen LogP contribution in [0.25, 0.3) is 11.1 Å². The number of nitrogens with two attached hydrogens (primary N) is 1. The molecule has 0 amide bonds. The lowest BCUT2D eigenvalue weighted by Gasteiger charge is -2.30. The molecule has 2 aliphatic rings. The number of anilines is 1. The molecule has 0 saturated carbocycles. The van der Waals surface area contributed by atoms with Crippen LogP contribution >= 0.6 is 0 Å². The standard InChI is InChI=1S/C19H15N3O2/c1-12-10-19(15(11-20)18(21)23-12)22-16-9-14(7-8-17(16)24-19)13-5-3-2-4-6-13/h2-10,22H,21H2,1H3/t19-/m0/s1. The van der Waals surface area contributed by atoms with Crippen LogP contribution in [0.15, 0.2) is 71.8 Å². The fraction of sp³-hybridized carbons (Fsp3) is 0.105. The monoisotopic (exact) mass is 317 g/mol. The Morgan fingerprint density at radius 3 is 2.67 bits per heavy atom. The van der Waals surface area contributed by atoms with Crippen molar-refractivity contribution in [3.63, 3.8) is 0 Å². The number of nitriles is 1. The zero-order valence-electron chi connectivity index (χ0n) is 13.0. The van der Waals surface area contributed by atoms with E-state index in [-0.39, 0.29) is 11.5 Å². The average Bonchev–Trinajstić information content (AvgIpc) is 2.92. The Bertz CT molecular complexity index is 925. The van der Waals surface area contributed by atoms with Crippen LogP contribution in [0.1, 0.15) is 6.92 Å². The van der Waals surface area contributed by atoms with Crippen LogP contribution in [0.3, 0.4) is 0 Å². The van der Waals surface area contributed by atoms with E-state index in [2.05, 4.69) is 11.4 Å². The molecule has 0 bridgehead atoms. The van der Waals surface area contributed by atoms with Gasteiger partial charge in [0.2, 0.25) is 11.6 Å². The van der Waals surface area contributed by atoms with E-state index < -0.39 is 5.72 Å². The lowest BCUT2D eigenvalue weighted by Crippen LogP contribution is -2.44. The van der Waals surface area contributed by atoms with Crippen LogP contribution in [0.2, 0.25) is 0 Å². The number of allylic oxidation sites excluding steroid dienone is 1. The van der Waals surface area contributed by atoms with E-state index in [4.69, 9.17) is 15.2 Å². The number of rotatable bonds is 1. The Balaban J connectivity index is 1.77. The quantitative estimate of drug-likeness (QED) is 0.841. The van der Waals surface area contributed by atoms with Crippen LogP contribution < -0.4 is 15.8 Å². The van der Waals surface area contributed by atoms with Crippen molar-refractivity contribution in [3.05, 3.63) is 71.8 Å². The molecule has 2 aliphatic heterocycles. The van der Waals surface area contributed by atoms with Gasteiger partial charge in [-0.05, 0) is 30.2 Å². The van der Waals surface area contributed by atoms with E-state index in [0.717, 1.165) is 16.8 Å². The Hall–Kier alpha value is -3.39. The number of hydrogen-bond donors (Lipinski definition) is 2. The molecule has 0 fully saturated rings. The third kappa shape index (κ3) is 2.09. The number of fused-ring (bicyclic) bond motifs is 1. The highest BCUT2D eigenvalue weighted by atomic mass is 16.5. The van der Waals surface area contributed by atoms with Crippen molar-refractivity contribution in [1.82, 2.24) is 0 Å². The van der Waals surface area contributed by atoms with Gasteiger partial charge in [0.25, 0.3) is 0 Å². The van der Waals surface area contributed by atoms with Gasteiger partial charge in [0.05, 0.1) is 5.69 Å². The fourth-order valence-corrected chi connectivity index (χ4v) is 3.04. The van der Waals surface area contributed by atoms with E-state index in [9.17, 15) is 5.26 Å². The molecule has 2 aromatic rings. The minimum atomic E-state index is -1.11. The molecule has 2 heterocycles. The summed E-state index contributed by atoms with van der Waals surface area (Å²) in [5, 5.41) is 12.8. The van der Waals surface area contributed by atoms with Gasteiger partial charge in [-0.15, -0.1) is 0 Å². The summed E-state index contributed by atoms with van der Waals surface area (Å²) < 4.78 is 11.4. The first-order valence-corrected chi connectivity index (χ1v) is 7.55. The molecule has 1 spiro atoms. The minimum Gasteiger partial charge on any atom is -0.457 e. The minimum absolute atomic E-state index is 0.0566. The summed E-state index contributed by atoms with van der Waals surface area (Å²) in [4.78, 5) is 0. The van der Waals surface area contributed by atoms with Crippen molar-refractivity contribution in [2.45, 2.75) is 12.6 Å². The van der Waals surface area contributed by atoms with Gasteiger partial charge in [0.15, 0.2) is 5.57 Å². The summed E-state index contributed by atoms with van der Waals surface area (Å²) in [6.07, 6.45) is 1.73. The van der Waals surface area contributed by atoms with Gasteiger partial charge in [-0.2, -0.15) is 5.26 Å². The van der Waals surface area contributed by atoms with E-state index in [1.165, 1.54) is 0 Å². The average molecular weight is 317 g/mol. The fourth-order valence-electron chi connectivity index (χ4n) is 3.04. The molecule has 24 heavy (non-hydrogen) atoms. The predicted molar refractivity (Wildman–Crippen MR) is 90.5 cm³/mol. The summed E-state index contributed by atoms with van der Waals surface area (Å²) in [7, 11) is 0. The highest BCUT2D eigenvalue weighted by molar-refractivity contribution is 5.75. The van der Waals surface area contributed by atoms with Crippen LogP contribution in [0, 0.1) is 11.3 Å². The van der Waals surface area contributed by atoms with E-state index in [1.54, 1.807) is 13.0 Å². The number of hydrogen-bond acceptors (Lipinski definition) is 5. The zero-order chi connectivity index (χ0) is 16.7. The van der Waals surface area contributed by atoms with Gasteiger partial charge < -0.3 is 20.5 Å². The largest absolute Gasteiger partial charge is 0.457 e. The number of ether oxygens (including phenoxy) is 2. The van der Waals surface area contributed by atoms with Crippen molar-refractivity contribution >= 4 is 5.69 Å².